The number of fused-ring (bicyclic) bond motifs is 1. The second-order valence-corrected chi connectivity index (χ2v) is 6.93. The van der Waals surface area contributed by atoms with Crippen molar-refractivity contribution in [1.82, 2.24) is 14.9 Å². The van der Waals surface area contributed by atoms with E-state index in [0.717, 1.165) is 17.5 Å². The number of amides is 2. The molecule has 0 bridgehead atoms. The van der Waals surface area contributed by atoms with Crippen LogP contribution in [0.5, 0.6) is 11.5 Å². The lowest BCUT2D eigenvalue weighted by molar-refractivity contribution is -0.115. The number of nitrogens with zero attached hydrogens (tertiary/aromatic N) is 2. The summed E-state index contributed by atoms with van der Waals surface area (Å²) in [7, 11) is 3.01. The van der Waals surface area contributed by atoms with Crippen molar-refractivity contribution < 1.29 is 23.8 Å². The average molecular weight is 441 g/mol. The second-order valence-electron chi connectivity index (χ2n) is 6.93. The summed E-state index contributed by atoms with van der Waals surface area (Å²) in [6.45, 7) is 3.68. The Balaban J connectivity index is 1.65. The van der Waals surface area contributed by atoms with Crippen LogP contribution >= 0.6 is 0 Å². The van der Waals surface area contributed by atoms with Crippen LogP contribution in [0.2, 0.25) is 0 Å². The van der Waals surface area contributed by atoms with E-state index in [1.165, 1.54) is 14.2 Å². The number of hydrogen-bond acceptors (Lipinski definition) is 6. The lowest BCUT2D eigenvalue weighted by Gasteiger charge is -2.11. The van der Waals surface area contributed by atoms with E-state index >= 15 is 0 Å². The van der Waals surface area contributed by atoms with Gasteiger partial charge < -0.3 is 24.1 Å². The topological polar surface area (TPSA) is 104 Å². The Bertz CT molecular complexity index is 1080. The van der Waals surface area contributed by atoms with Gasteiger partial charge in [-0.1, -0.05) is 12.1 Å². The third kappa shape index (κ3) is 5.55. The third-order valence-corrected chi connectivity index (χ3v) is 4.84. The zero-order valence-electron chi connectivity index (χ0n) is 18.5. The molecule has 3 aromatic rings. The van der Waals surface area contributed by atoms with E-state index in [4.69, 9.17) is 14.2 Å². The van der Waals surface area contributed by atoms with Crippen LogP contribution in [0.1, 0.15) is 23.7 Å². The van der Waals surface area contributed by atoms with Crippen LogP contribution in [0.3, 0.4) is 0 Å². The second kappa shape index (κ2) is 11.1. The zero-order chi connectivity index (χ0) is 22.9. The fraction of sp³-hybridized carbons (Fsp3) is 0.348. The minimum absolute atomic E-state index is 0.199. The van der Waals surface area contributed by atoms with Crippen molar-refractivity contribution in [2.45, 2.75) is 19.9 Å². The fourth-order valence-corrected chi connectivity index (χ4v) is 3.28. The third-order valence-electron chi connectivity index (χ3n) is 4.84. The van der Waals surface area contributed by atoms with E-state index in [1.807, 2.05) is 35.8 Å². The number of carbonyl (C=O) groups excluding carboxylic acids is 2. The first-order valence-electron chi connectivity index (χ1n) is 10.4. The summed E-state index contributed by atoms with van der Waals surface area (Å²) in [5.41, 5.74) is 2.07. The molecule has 0 atom stereocenters. The number of anilines is 1. The number of aromatic nitrogens is 2. The molecule has 170 valence electrons. The molecule has 0 saturated heterocycles. The van der Waals surface area contributed by atoms with E-state index in [9.17, 15) is 9.59 Å². The lowest BCUT2D eigenvalue weighted by Crippen LogP contribution is -2.33. The van der Waals surface area contributed by atoms with Gasteiger partial charge in [0.15, 0.2) is 11.5 Å². The van der Waals surface area contributed by atoms with Gasteiger partial charge in [-0.25, -0.2) is 4.98 Å². The van der Waals surface area contributed by atoms with Crippen LogP contribution < -0.4 is 20.1 Å². The maximum Gasteiger partial charge on any atom is 0.251 e. The average Bonchev–Trinajstić information content (AvgIpc) is 3.16. The van der Waals surface area contributed by atoms with E-state index < -0.39 is 5.91 Å². The van der Waals surface area contributed by atoms with Gasteiger partial charge in [0.2, 0.25) is 11.9 Å². The molecule has 0 aliphatic rings. The van der Waals surface area contributed by atoms with E-state index in [1.54, 1.807) is 18.2 Å². The van der Waals surface area contributed by atoms with E-state index in [0.29, 0.717) is 42.8 Å². The van der Waals surface area contributed by atoms with Crippen LogP contribution in [-0.2, 0) is 16.1 Å². The number of rotatable bonds is 11. The first kappa shape index (κ1) is 23.1. The predicted molar refractivity (Wildman–Crippen MR) is 121 cm³/mol. The maximum atomic E-state index is 12.5. The Kier molecular flexibility index (Phi) is 8.04. The monoisotopic (exact) mass is 440 g/mol. The molecule has 0 fully saturated rings. The molecule has 9 heteroatoms. The number of hydrogen-bond donors (Lipinski definition) is 2. The smallest absolute Gasteiger partial charge is 0.251 e. The Morgan fingerprint density at radius 2 is 1.84 bits per heavy atom. The molecule has 0 radical (unpaired) electrons. The molecule has 2 amide bonds. The molecule has 3 rings (SSSR count). The molecular formula is C23H28N4O5. The molecule has 9 nitrogen and oxygen atoms in total. The number of ether oxygens (including phenoxy) is 3. The molecule has 0 aliphatic heterocycles. The van der Waals surface area contributed by atoms with E-state index in [-0.39, 0.29) is 12.5 Å². The lowest BCUT2D eigenvalue weighted by atomic mass is 10.2. The van der Waals surface area contributed by atoms with Gasteiger partial charge in [0.05, 0.1) is 31.8 Å². The summed E-state index contributed by atoms with van der Waals surface area (Å²) in [4.78, 5) is 29.5. The summed E-state index contributed by atoms with van der Waals surface area (Å²) >= 11 is 0. The molecule has 2 N–H and O–H groups in total. The van der Waals surface area contributed by atoms with Crippen LogP contribution in [0.25, 0.3) is 11.0 Å². The molecule has 2 aromatic carbocycles. The van der Waals surface area contributed by atoms with Gasteiger partial charge in [-0.3, -0.25) is 14.9 Å². The van der Waals surface area contributed by atoms with Gasteiger partial charge in [0, 0.05) is 25.3 Å². The number of para-hydroxylation sites is 2. The summed E-state index contributed by atoms with van der Waals surface area (Å²) in [6, 6.07) is 12.5. The van der Waals surface area contributed by atoms with Crippen LogP contribution in [0, 0.1) is 0 Å². The van der Waals surface area contributed by atoms with Crippen molar-refractivity contribution in [2.24, 2.45) is 0 Å². The largest absolute Gasteiger partial charge is 0.493 e. The van der Waals surface area contributed by atoms with Gasteiger partial charge in [-0.05, 0) is 43.7 Å². The van der Waals surface area contributed by atoms with Crippen molar-refractivity contribution in [3.63, 3.8) is 0 Å². The molecule has 0 unspecified atom stereocenters. The van der Waals surface area contributed by atoms with Crippen LogP contribution in [0.4, 0.5) is 5.95 Å². The Morgan fingerprint density at radius 1 is 1.06 bits per heavy atom. The van der Waals surface area contributed by atoms with Gasteiger partial charge in [0.25, 0.3) is 5.91 Å². The van der Waals surface area contributed by atoms with Crippen molar-refractivity contribution in [1.29, 1.82) is 0 Å². The maximum absolute atomic E-state index is 12.5. The van der Waals surface area contributed by atoms with Gasteiger partial charge in [-0.2, -0.15) is 0 Å². The number of benzene rings is 2. The summed E-state index contributed by atoms with van der Waals surface area (Å²) in [6.07, 6.45) is 0.785. The number of carbonyl (C=O) groups is 2. The van der Waals surface area contributed by atoms with Gasteiger partial charge in [-0.15, -0.1) is 0 Å². The fourth-order valence-electron chi connectivity index (χ4n) is 3.28. The van der Waals surface area contributed by atoms with Gasteiger partial charge in [0.1, 0.15) is 0 Å². The normalized spacial score (nSPS) is 10.7. The van der Waals surface area contributed by atoms with Crippen molar-refractivity contribution in [3.8, 4) is 11.5 Å². The standard InChI is InChI=1S/C23H28N4O5/c1-4-32-13-7-12-27-18-9-6-5-8-17(18)25-23(27)26-21(28)15-24-22(29)16-10-11-19(30-2)20(14-16)31-3/h5-6,8-11,14H,4,7,12-13,15H2,1-3H3,(H,24,29)(H,25,26,28). The highest BCUT2D eigenvalue weighted by atomic mass is 16.5. The number of nitrogens with one attached hydrogen (secondary N) is 2. The van der Waals surface area contributed by atoms with Crippen LogP contribution in [-0.4, -0.2) is 55.3 Å². The van der Waals surface area contributed by atoms with Crippen LogP contribution in [0.15, 0.2) is 42.5 Å². The highest BCUT2D eigenvalue weighted by Gasteiger charge is 2.15. The summed E-state index contributed by atoms with van der Waals surface area (Å²) in [5.74, 6) is 0.620. The first-order valence-corrected chi connectivity index (χ1v) is 10.4. The minimum atomic E-state index is -0.397. The minimum Gasteiger partial charge on any atom is -0.493 e. The molecular weight excluding hydrogens is 412 g/mol. The molecule has 0 saturated carbocycles. The molecule has 1 heterocycles. The predicted octanol–water partition coefficient (Wildman–Crippen LogP) is 2.85. The number of imidazole rings is 1. The number of aryl methyl sites for hydroxylation is 1. The Labute approximate surface area is 186 Å². The molecule has 1 aromatic heterocycles. The zero-order valence-corrected chi connectivity index (χ0v) is 18.5. The molecule has 32 heavy (non-hydrogen) atoms. The van der Waals surface area contributed by atoms with Crippen molar-refractivity contribution in [2.75, 3.05) is 39.3 Å². The van der Waals surface area contributed by atoms with Crippen molar-refractivity contribution in [3.05, 3.63) is 48.0 Å². The summed E-state index contributed by atoms with van der Waals surface area (Å²) < 4.78 is 17.8. The highest BCUT2D eigenvalue weighted by molar-refractivity contribution is 5.99. The summed E-state index contributed by atoms with van der Waals surface area (Å²) in [5, 5.41) is 5.42. The van der Waals surface area contributed by atoms with Crippen molar-refractivity contribution >= 4 is 28.8 Å². The van der Waals surface area contributed by atoms with Gasteiger partial charge >= 0.3 is 0 Å². The Hall–Kier alpha value is -3.59. The first-order chi connectivity index (χ1) is 15.6. The Morgan fingerprint density at radius 3 is 2.59 bits per heavy atom. The molecule has 0 aliphatic carbocycles. The molecule has 0 spiro atoms. The number of methoxy groups -OCH3 is 2. The highest BCUT2D eigenvalue weighted by Crippen LogP contribution is 2.27. The SMILES string of the molecule is CCOCCCn1c(NC(=O)CNC(=O)c2ccc(OC)c(OC)c2)nc2ccccc21. The van der Waals surface area contributed by atoms with E-state index in [2.05, 4.69) is 15.6 Å². The quantitative estimate of drug-likeness (QED) is 0.445.